The molecule has 4 heterocycles. The maximum atomic E-state index is 11.3. The number of rotatable bonds is 8. The zero-order valence-corrected chi connectivity index (χ0v) is 55.5. The fraction of sp³-hybridized carbons (Fsp3) is 0.200. The number of hydrogen-bond donors (Lipinski definition) is 2. The summed E-state index contributed by atoms with van der Waals surface area (Å²) in [4.78, 5) is 19.8. The predicted octanol–water partition coefficient (Wildman–Crippen LogP) is 22.0. The Kier molecular flexibility index (Phi) is 16.0. The van der Waals surface area contributed by atoms with Crippen molar-refractivity contribution in [3.05, 3.63) is 228 Å². The number of phenolic OH excluding ortho intramolecular Hbond substituents is 2. The molecule has 0 bridgehead atoms. The van der Waals surface area contributed by atoms with E-state index < -0.39 is 0 Å². The van der Waals surface area contributed by atoms with Gasteiger partial charge in [0.2, 0.25) is 11.8 Å². The second-order valence-corrected chi connectivity index (χ2v) is 27.3. The van der Waals surface area contributed by atoms with Crippen molar-refractivity contribution < 1.29 is 48.9 Å². The van der Waals surface area contributed by atoms with Crippen molar-refractivity contribution in [1.29, 1.82) is 0 Å². The van der Waals surface area contributed by atoms with Crippen LogP contribution in [0, 0.1) is 6.07 Å². The Hall–Kier alpha value is -9.63. The van der Waals surface area contributed by atoms with Crippen molar-refractivity contribution >= 4 is 89.9 Å². The number of nitrogens with zero attached hydrogens (tertiary/aromatic N) is 4. The Balaban J connectivity index is 0.000000174. The van der Waals surface area contributed by atoms with Crippen LogP contribution in [0.4, 0.5) is 11.4 Å². The molecule has 11 heteroatoms. The van der Waals surface area contributed by atoms with Crippen LogP contribution in [0.2, 0.25) is 0 Å². The van der Waals surface area contributed by atoms with Gasteiger partial charge in [0.05, 0.1) is 33.6 Å². The summed E-state index contributed by atoms with van der Waals surface area (Å²) in [5, 5.41) is 26.9. The molecule has 2 N–H and O–H groups in total. The largest absolute Gasteiger partial charge is 0.507 e. The number of hydrogen-bond acceptors (Lipinski definition) is 10. The van der Waals surface area contributed by atoms with E-state index in [-0.39, 0.29) is 54.2 Å². The summed E-state index contributed by atoms with van der Waals surface area (Å²) in [7, 11) is 0. The summed E-state index contributed by atoms with van der Waals surface area (Å²) >= 11 is 0. The summed E-state index contributed by atoms with van der Waals surface area (Å²) < 4.78 is 25.4. The second kappa shape index (κ2) is 23.6. The maximum absolute atomic E-state index is 11.3. The maximum Gasteiger partial charge on any atom is 0.229 e. The molecule has 4 aromatic heterocycles. The van der Waals surface area contributed by atoms with Gasteiger partial charge in [0.15, 0.2) is 5.58 Å². The monoisotopic (exact) mass is 1380 g/mol. The summed E-state index contributed by atoms with van der Waals surface area (Å²) in [5.74, 6) is 1.44. The fourth-order valence-corrected chi connectivity index (χ4v) is 11.7. The van der Waals surface area contributed by atoms with Crippen LogP contribution in [-0.4, -0.2) is 32.6 Å². The number of benzene rings is 10. The average Bonchev–Trinajstić information content (AvgIpc) is 1.73. The molecular weight excluding hydrogens is 1310 g/mol. The van der Waals surface area contributed by atoms with E-state index in [1.54, 1.807) is 12.4 Å². The fourth-order valence-electron chi connectivity index (χ4n) is 11.7. The van der Waals surface area contributed by atoms with Crippen molar-refractivity contribution in [1.82, 2.24) is 9.97 Å². The molecule has 0 fully saturated rings. The molecule has 0 aliphatic carbocycles. The molecule has 0 aliphatic heterocycles. The van der Waals surface area contributed by atoms with E-state index in [9.17, 15) is 10.2 Å². The number of aliphatic imine (C=N–C) groups is 2. The molecule has 10 nitrogen and oxygen atoms in total. The summed E-state index contributed by atoms with van der Waals surface area (Å²) in [5.41, 5.74) is 17.4. The summed E-state index contributed by atoms with van der Waals surface area (Å²) in [6, 6.07) is 65.4. The smallest absolute Gasteiger partial charge is 0.229 e. The molecule has 0 amide bonds. The molecule has 14 aromatic rings. The molecule has 0 atom stereocenters. The quantitative estimate of drug-likeness (QED) is 0.113. The Bertz CT molecular complexity index is 4840. The van der Waals surface area contributed by atoms with Crippen LogP contribution in [0.5, 0.6) is 11.5 Å². The molecule has 14 rings (SSSR count). The van der Waals surface area contributed by atoms with Crippen LogP contribution < -0.4 is 0 Å². The third-order valence-corrected chi connectivity index (χ3v) is 16.7. The molecule has 0 aliphatic rings. The number of furan rings is 2. The Morgan fingerprint density at radius 2 is 0.780 bits per heavy atom. The Morgan fingerprint density at radius 1 is 0.385 bits per heavy atom. The molecule has 0 unspecified atom stereocenters. The summed E-state index contributed by atoms with van der Waals surface area (Å²) in [6.45, 7) is 25.7. The first-order valence-electron chi connectivity index (χ1n) is 30.5. The van der Waals surface area contributed by atoms with Crippen molar-refractivity contribution in [2.45, 2.75) is 105 Å². The first-order valence-corrected chi connectivity index (χ1v) is 30.5. The number of fused-ring (bicyclic) bond motifs is 8. The van der Waals surface area contributed by atoms with Crippen molar-refractivity contribution in [2.24, 2.45) is 9.98 Å². The van der Waals surface area contributed by atoms with Gasteiger partial charge in [-0.1, -0.05) is 215 Å². The average molecular weight is 1380 g/mol. The third kappa shape index (κ3) is 11.8. The van der Waals surface area contributed by atoms with E-state index in [0.717, 1.165) is 111 Å². The van der Waals surface area contributed by atoms with Gasteiger partial charge in [-0.05, 0) is 93.5 Å². The van der Waals surface area contributed by atoms with Gasteiger partial charge < -0.3 is 27.9 Å². The van der Waals surface area contributed by atoms with Crippen molar-refractivity contribution in [3.8, 4) is 56.7 Å². The number of oxazole rings is 2. The SMILES string of the molecule is CC(C)(C)c1cc(C=Nc2ccccc2-c2nc3c(-c4[c-]ccc5c4oc4ccccc45)cccc3o2)c(O)c(C(C)(C)C)c1.CC(C)(C)c1cc(C=Nc2ccccc2-c2nc3c(-c4cccc5c4oc4ccccc45)cccc3o2)c(O)c(C(C)(C)C)c1.[Pt]. The zero-order chi connectivity index (χ0) is 63.0. The van der Waals surface area contributed by atoms with Crippen molar-refractivity contribution in [3.63, 3.8) is 0 Å². The normalized spacial score (nSPS) is 12.5. The Labute approximate surface area is 544 Å². The van der Waals surface area contributed by atoms with Gasteiger partial charge in [0, 0.05) is 83.0 Å². The molecule has 91 heavy (non-hydrogen) atoms. The van der Waals surface area contributed by atoms with E-state index in [4.69, 9.17) is 37.6 Å². The van der Waals surface area contributed by atoms with Crippen molar-refractivity contribution in [2.75, 3.05) is 0 Å². The van der Waals surface area contributed by atoms with Crippen LogP contribution in [0.3, 0.4) is 0 Å². The minimum atomic E-state index is -0.230. The molecule has 0 spiro atoms. The van der Waals surface area contributed by atoms with Gasteiger partial charge in [-0.15, -0.1) is 18.2 Å². The van der Waals surface area contributed by atoms with E-state index in [1.165, 1.54) is 0 Å². The topological polar surface area (TPSA) is 144 Å². The first kappa shape index (κ1) is 61.6. The van der Waals surface area contributed by atoms with Gasteiger partial charge >= 0.3 is 0 Å². The number of aromatic hydroxyl groups is 2. The molecule has 10 aromatic carbocycles. The number of para-hydroxylation sites is 7. The first-order chi connectivity index (χ1) is 43.0. The number of phenols is 2. The van der Waals surface area contributed by atoms with E-state index in [0.29, 0.717) is 45.4 Å². The second-order valence-electron chi connectivity index (χ2n) is 27.3. The van der Waals surface area contributed by atoms with E-state index in [1.807, 2.05) is 140 Å². The van der Waals surface area contributed by atoms with Crippen LogP contribution in [0.25, 0.3) is 111 Å². The predicted molar refractivity (Wildman–Crippen MR) is 369 cm³/mol. The summed E-state index contributed by atoms with van der Waals surface area (Å²) in [6.07, 6.45) is 3.49. The van der Waals surface area contributed by atoms with Gasteiger partial charge in [-0.3, -0.25) is 9.98 Å². The zero-order valence-electron chi connectivity index (χ0n) is 53.2. The molecule has 0 saturated carbocycles. The molecule has 0 saturated heterocycles. The van der Waals surface area contributed by atoms with Crippen LogP contribution in [0.15, 0.2) is 216 Å². The number of aromatic nitrogens is 2. The van der Waals surface area contributed by atoms with E-state index >= 15 is 0 Å². The van der Waals surface area contributed by atoms with Gasteiger partial charge in [0.1, 0.15) is 39.3 Å². The standard InChI is InChI=1S/C40H36N2O3.C40H35N2O3.Pt/c2*1-39(2,3)25-21-24(36(43)31(22-25)40(4,5)6)23-41-32-18-9-7-14-30(32)38-42-35-27(15-12-20-34(35)45-38)29-17-11-16-28-26-13-8-10-19-33(26)44-37(28)29;/h7-23,43H,1-6H3;7-16,18-23,43H,1-6H3;/q;-1;. The molecular formula is C80H71N4O6Pt-. The van der Waals surface area contributed by atoms with E-state index in [2.05, 4.69) is 138 Å². The Morgan fingerprint density at radius 3 is 1.29 bits per heavy atom. The van der Waals surface area contributed by atoms with Gasteiger partial charge in [-0.25, -0.2) is 9.97 Å². The van der Waals surface area contributed by atoms with Crippen LogP contribution in [0.1, 0.15) is 116 Å². The molecule has 458 valence electrons. The van der Waals surface area contributed by atoms with Crippen LogP contribution >= 0.6 is 0 Å². The van der Waals surface area contributed by atoms with Gasteiger partial charge in [-0.2, -0.15) is 0 Å². The minimum Gasteiger partial charge on any atom is -0.507 e. The third-order valence-electron chi connectivity index (χ3n) is 16.7. The minimum absolute atomic E-state index is 0. The van der Waals surface area contributed by atoms with Gasteiger partial charge in [0.25, 0.3) is 0 Å². The van der Waals surface area contributed by atoms with Crippen LogP contribution in [-0.2, 0) is 42.7 Å². The molecule has 0 radical (unpaired) electrons.